The average Bonchev–Trinajstić information content (AvgIpc) is 2.43. The molecular weight excluding hydrogens is 334 g/mol. The van der Waals surface area contributed by atoms with E-state index in [-0.39, 0.29) is 16.0 Å². The zero-order valence-corrected chi connectivity index (χ0v) is 12.9. The lowest BCUT2D eigenvalue weighted by atomic mass is 10.1. The number of sulfone groups is 1. The third-order valence-electron chi connectivity index (χ3n) is 3.05. The Morgan fingerprint density at radius 3 is 2.41 bits per heavy atom. The number of hydrogen-bond acceptors (Lipinski definition) is 3. The predicted octanol–water partition coefficient (Wildman–Crippen LogP) is 3.04. The largest absolute Gasteiger partial charge is 0.384 e. The number of benzene rings is 2. The first-order valence-corrected chi connectivity index (χ1v) is 7.86. The van der Waals surface area contributed by atoms with Gasteiger partial charge in [0.1, 0.15) is 22.4 Å². The van der Waals surface area contributed by atoms with Crippen molar-refractivity contribution in [2.45, 2.75) is 16.7 Å². The molecule has 116 valence electrons. The highest BCUT2D eigenvalue weighted by atomic mass is 35.5. The van der Waals surface area contributed by atoms with E-state index in [1.54, 1.807) is 0 Å². The minimum absolute atomic E-state index is 0.0804. The molecular formula is C14H11ClF2N2O2S. The molecule has 0 aliphatic rings. The Hall–Kier alpha value is -1.99. The maximum atomic E-state index is 14.3. The monoisotopic (exact) mass is 344 g/mol. The molecule has 0 radical (unpaired) electrons. The first-order valence-electron chi connectivity index (χ1n) is 6.00. The highest BCUT2D eigenvalue weighted by molar-refractivity contribution is 7.91. The lowest BCUT2D eigenvalue weighted by Crippen LogP contribution is -2.18. The Bertz CT molecular complexity index is 883. The quantitative estimate of drug-likeness (QED) is 0.510. The Morgan fingerprint density at radius 1 is 1.23 bits per heavy atom. The highest BCUT2D eigenvalue weighted by Crippen LogP contribution is 2.30. The lowest BCUT2D eigenvalue weighted by molar-refractivity contribution is 0.561. The highest BCUT2D eigenvalue weighted by Gasteiger charge is 2.28. The second kappa shape index (κ2) is 5.66. The van der Waals surface area contributed by atoms with Gasteiger partial charge >= 0.3 is 0 Å². The van der Waals surface area contributed by atoms with E-state index in [9.17, 15) is 17.2 Å². The minimum Gasteiger partial charge on any atom is -0.384 e. The van der Waals surface area contributed by atoms with E-state index >= 15 is 0 Å². The van der Waals surface area contributed by atoms with Crippen LogP contribution in [0.25, 0.3) is 0 Å². The fourth-order valence-corrected chi connectivity index (χ4v) is 3.76. The molecule has 0 aromatic heterocycles. The summed E-state index contributed by atoms with van der Waals surface area (Å²) in [6.07, 6.45) is 0. The molecule has 2 rings (SSSR count). The summed E-state index contributed by atoms with van der Waals surface area (Å²) in [7, 11) is -4.35. The predicted molar refractivity (Wildman–Crippen MR) is 79.0 cm³/mol. The smallest absolute Gasteiger partial charge is 0.210 e. The molecule has 3 N–H and O–H groups in total. The van der Waals surface area contributed by atoms with Crippen LogP contribution >= 0.6 is 11.6 Å². The van der Waals surface area contributed by atoms with Crippen LogP contribution in [0, 0.1) is 24.0 Å². The topological polar surface area (TPSA) is 84.0 Å². The normalized spacial score (nSPS) is 11.5. The van der Waals surface area contributed by atoms with Crippen molar-refractivity contribution in [3.63, 3.8) is 0 Å². The number of halogens is 3. The van der Waals surface area contributed by atoms with Crippen LogP contribution in [0.5, 0.6) is 0 Å². The van der Waals surface area contributed by atoms with Gasteiger partial charge in [0, 0.05) is 5.56 Å². The van der Waals surface area contributed by atoms with Gasteiger partial charge in [0.25, 0.3) is 0 Å². The molecule has 0 atom stereocenters. The van der Waals surface area contributed by atoms with Gasteiger partial charge in [0.15, 0.2) is 0 Å². The van der Waals surface area contributed by atoms with Crippen molar-refractivity contribution in [1.29, 1.82) is 5.41 Å². The standard InChI is InChI=1S/C14H11ClF2N2O2S/c1-7-2-4-9(14(18)19)13(12(7)17)22(20,21)8-3-5-11(16)10(15)6-8/h2-6H,1H3,(H3,18,19). The third-order valence-corrected chi connectivity index (χ3v) is 5.15. The van der Waals surface area contributed by atoms with Crippen LogP contribution in [0.4, 0.5) is 8.78 Å². The molecule has 0 aliphatic heterocycles. The van der Waals surface area contributed by atoms with Gasteiger partial charge in [-0.15, -0.1) is 0 Å². The zero-order chi connectivity index (χ0) is 16.7. The maximum Gasteiger partial charge on any atom is 0.210 e. The molecule has 0 saturated heterocycles. The number of nitrogen functional groups attached to an aromatic ring is 1. The fraction of sp³-hybridized carbons (Fsp3) is 0.0714. The van der Waals surface area contributed by atoms with Crippen molar-refractivity contribution < 1.29 is 17.2 Å². The molecule has 0 amide bonds. The van der Waals surface area contributed by atoms with E-state index in [0.717, 1.165) is 18.2 Å². The van der Waals surface area contributed by atoms with Crippen LogP contribution in [0.1, 0.15) is 11.1 Å². The van der Waals surface area contributed by atoms with Gasteiger partial charge in [0.05, 0.1) is 9.92 Å². The van der Waals surface area contributed by atoms with Crippen LogP contribution in [0.3, 0.4) is 0 Å². The molecule has 0 aliphatic carbocycles. The van der Waals surface area contributed by atoms with Crippen molar-refractivity contribution in [1.82, 2.24) is 0 Å². The summed E-state index contributed by atoms with van der Waals surface area (Å²) in [5, 5.41) is 7.02. The van der Waals surface area contributed by atoms with Gasteiger partial charge in [-0.3, -0.25) is 5.41 Å². The first kappa shape index (κ1) is 16.4. The van der Waals surface area contributed by atoms with Gasteiger partial charge in [0.2, 0.25) is 9.84 Å². The van der Waals surface area contributed by atoms with Crippen LogP contribution in [-0.2, 0) is 9.84 Å². The van der Waals surface area contributed by atoms with Crippen molar-refractivity contribution in [2.24, 2.45) is 5.73 Å². The van der Waals surface area contributed by atoms with Gasteiger partial charge in [-0.05, 0) is 36.8 Å². The first-order chi connectivity index (χ1) is 10.2. The van der Waals surface area contributed by atoms with E-state index in [0.29, 0.717) is 0 Å². The summed E-state index contributed by atoms with van der Waals surface area (Å²) in [4.78, 5) is -1.10. The SMILES string of the molecule is Cc1ccc(C(=N)N)c(S(=O)(=O)c2ccc(F)c(Cl)c2)c1F. The molecule has 2 aromatic carbocycles. The second-order valence-electron chi connectivity index (χ2n) is 4.57. The fourth-order valence-electron chi connectivity index (χ4n) is 1.89. The molecule has 0 spiro atoms. The van der Waals surface area contributed by atoms with Crippen LogP contribution in [0.2, 0.25) is 5.02 Å². The number of rotatable bonds is 3. The van der Waals surface area contributed by atoms with E-state index in [1.807, 2.05) is 0 Å². The summed E-state index contributed by atoms with van der Waals surface area (Å²) in [5.74, 6) is -2.39. The van der Waals surface area contributed by atoms with Crippen molar-refractivity contribution in [3.8, 4) is 0 Å². The summed E-state index contributed by atoms with van der Waals surface area (Å²) in [6, 6.07) is 5.30. The van der Waals surface area contributed by atoms with Crippen LogP contribution in [-0.4, -0.2) is 14.3 Å². The number of nitrogens with one attached hydrogen (secondary N) is 1. The van der Waals surface area contributed by atoms with Gasteiger partial charge in [-0.2, -0.15) is 0 Å². The van der Waals surface area contributed by atoms with Crippen molar-refractivity contribution in [3.05, 3.63) is 58.1 Å². The third kappa shape index (κ3) is 2.69. The summed E-state index contributed by atoms with van der Waals surface area (Å²) in [6.45, 7) is 1.38. The summed E-state index contributed by atoms with van der Waals surface area (Å²) >= 11 is 5.58. The minimum atomic E-state index is -4.35. The van der Waals surface area contributed by atoms with E-state index in [1.165, 1.54) is 19.1 Å². The Kier molecular flexibility index (Phi) is 4.21. The maximum absolute atomic E-state index is 14.3. The molecule has 0 fully saturated rings. The second-order valence-corrected chi connectivity index (χ2v) is 6.86. The molecule has 0 unspecified atom stereocenters. The van der Waals surface area contributed by atoms with Gasteiger partial charge in [-0.25, -0.2) is 17.2 Å². The number of amidine groups is 1. The van der Waals surface area contributed by atoms with E-state index in [4.69, 9.17) is 22.7 Å². The molecule has 4 nitrogen and oxygen atoms in total. The molecule has 2 aromatic rings. The Morgan fingerprint density at radius 2 is 1.86 bits per heavy atom. The molecule has 0 saturated carbocycles. The Labute approximate surface area is 131 Å². The molecule has 0 heterocycles. The molecule has 8 heteroatoms. The van der Waals surface area contributed by atoms with Crippen LogP contribution in [0.15, 0.2) is 40.1 Å². The summed E-state index contributed by atoms with van der Waals surface area (Å²) < 4.78 is 52.8. The molecule has 22 heavy (non-hydrogen) atoms. The van der Waals surface area contributed by atoms with Gasteiger partial charge in [-0.1, -0.05) is 17.7 Å². The number of aryl methyl sites for hydroxylation is 1. The van der Waals surface area contributed by atoms with E-state index < -0.39 is 37.2 Å². The Balaban J connectivity index is 2.81. The lowest BCUT2D eigenvalue weighted by Gasteiger charge is -2.12. The summed E-state index contributed by atoms with van der Waals surface area (Å²) in [5.41, 5.74) is 5.15. The zero-order valence-electron chi connectivity index (χ0n) is 11.3. The average molecular weight is 345 g/mol. The van der Waals surface area contributed by atoms with Crippen molar-refractivity contribution >= 4 is 27.3 Å². The number of nitrogens with two attached hydrogens (primary N) is 1. The van der Waals surface area contributed by atoms with E-state index in [2.05, 4.69) is 0 Å². The number of hydrogen-bond donors (Lipinski definition) is 2. The van der Waals surface area contributed by atoms with Crippen molar-refractivity contribution in [2.75, 3.05) is 0 Å². The molecule has 0 bridgehead atoms. The van der Waals surface area contributed by atoms with Gasteiger partial charge < -0.3 is 5.73 Å². The van der Waals surface area contributed by atoms with Crippen LogP contribution < -0.4 is 5.73 Å².